The van der Waals surface area contributed by atoms with E-state index >= 15 is 0 Å². The van der Waals surface area contributed by atoms with E-state index in [2.05, 4.69) is 51.5 Å². The summed E-state index contributed by atoms with van der Waals surface area (Å²) >= 11 is 0. The minimum atomic E-state index is -0.275. The number of benzene rings is 3. The number of ether oxygens (including phenoxy) is 2. The van der Waals surface area contributed by atoms with Crippen molar-refractivity contribution in [1.82, 2.24) is 20.0 Å². The molecule has 224 valence electrons. The van der Waals surface area contributed by atoms with Crippen molar-refractivity contribution in [2.24, 2.45) is 7.05 Å². The maximum absolute atomic E-state index is 13.7. The van der Waals surface area contributed by atoms with Gasteiger partial charge in [0.25, 0.3) is 5.91 Å². The summed E-state index contributed by atoms with van der Waals surface area (Å²) in [5.41, 5.74) is 6.54. The first kappa shape index (κ1) is 28.8. The summed E-state index contributed by atoms with van der Waals surface area (Å²) in [5.74, 6) is 1.16. The molecule has 2 bridgehead atoms. The Morgan fingerprint density at radius 1 is 1.05 bits per heavy atom. The molecule has 3 atom stereocenters. The molecule has 0 saturated carbocycles. The molecule has 8 nitrogen and oxygen atoms in total. The van der Waals surface area contributed by atoms with E-state index in [1.807, 2.05) is 69.7 Å². The van der Waals surface area contributed by atoms with Crippen LogP contribution < -0.4 is 19.7 Å². The van der Waals surface area contributed by atoms with Crippen LogP contribution in [0.4, 0.5) is 5.69 Å². The highest BCUT2D eigenvalue weighted by Crippen LogP contribution is 2.41. The molecule has 0 aliphatic carbocycles. The number of carbonyl (C=O) groups is 1. The molecule has 4 aromatic rings. The van der Waals surface area contributed by atoms with Gasteiger partial charge in [-0.3, -0.25) is 14.4 Å². The lowest BCUT2D eigenvalue weighted by atomic mass is 9.99. The van der Waals surface area contributed by atoms with Crippen LogP contribution in [0.3, 0.4) is 0 Å². The van der Waals surface area contributed by atoms with Crippen molar-refractivity contribution in [3.05, 3.63) is 95.3 Å². The summed E-state index contributed by atoms with van der Waals surface area (Å²) in [7, 11) is 5.78. The molecule has 6 rings (SSSR count). The van der Waals surface area contributed by atoms with Crippen LogP contribution in [0.1, 0.15) is 52.9 Å². The zero-order valence-corrected chi connectivity index (χ0v) is 25.7. The topological polar surface area (TPSA) is 71.9 Å². The molecular formula is C35H41N5O3. The molecular weight excluding hydrogens is 538 g/mol. The summed E-state index contributed by atoms with van der Waals surface area (Å²) in [6.45, 7) is 6.41. The van der Waals surface area contributed by atoms with E-state index in [0.29, 0.717) is 35.8 Å². The zero-order valence-electron chi connectivity index (χ0n) is 25.7. The summed E-state index contributed by atoms with van der Waals surface area (Å²) in [5, 5.41) is 7.64. The molecule has 1 amide bonds. The molecule has 0 unspecified atom stereocenters. The first-order valence-corrected chi connectivity index (χ1v) is 15.1. The Bertz CT molecular complexity index is 1590. The monoisotopic (exact) mass is 579 g/mol. The molecule has 8 heteroatoms. The number of aryl methyl sites for hydroxylation is 2. The minimum absolute atomic E-state index is 0.0877. The lowest BCUT2D eigenvalue weighted by Crippen LogP contribution is -2.52. The van der Waals surface area contributed by atoms with Crippen LogP contribution in [0, 0.1) is 6.92 Å². The van der Waals surface area contributed by atoms with Crippen molar-refractivity contribution in [1.29, 1.82) is 0 Å². The summed E-state index contributed by atoms with van der Waals surface area (Å²) in [6, 6.07) is 21.2. The maximum Gasteiger partial charge on any atom is 0.252 e. The summed E-state index contributed by atoms with van der Waals surface area (Å²) in [4.78, 5) is 18.7. The second-order valence-corrected chi connectivity index (χ2v) is 11.9. The molecule has 1 aromatic heterocycles. The number of likely N-dealkylation sites (N-methyl/N-ethyl adjacent to an activating group) is 1. The van der Waals surface area contributed by atoms with Crippen LogP contribution in [0.2, 0.25) is 0 Å². The number of aromatic nitrogens is 2. The number of hydrogen-bond acceptors (Lipinski definition) is 6. The quantitative estimate of drug-likeness (QED) is 0.272. The summed E-state index contributed by atoms with van der Waals surface area (Å²) < 4.78 is 14.0. The Balaban J connectivity index is 1.25. The predicted octanol–water partition coefficient (Wildman–Crippen LogP) is 5.76. The molecule has 0 spiro atoms. The number of rotatable bonds is 9. The van der Waals surface area contributed by atoms with Gasteiger partial charge in [0.2, 0.25) is 0 Å². The number of fused-ring (bicyclic) bond motifs is 2. The van der Waals surface area contributed by atoms with Crippen LogP contribution in [-0.4, -0.2) is 59.9 Å². The standard InChI is InChI=1S/C35H41N5O3/c1-23-11-12-28(40-20-29-13-14-30(21-40)39(29)4)17-31(23)35(41)37-24(2)26-15-32(27-18-36-38(3)19-27)34(33(16-26)42-5)43-22-25-9-7-6-8-10-25/h6-12,15-19,24,29-30H,13-14,20-22H2,1-5H3,(H,37,41)/t24-,29-,30+/m1/s1. The van der Waals surface area contributed by atoms with Crippen LogP contribution in [-0.2, 0) is 13.7 Å². The Labute approximate surface area is 254 Å². The summed E-state index contributed by atoms with van der Waals surface area (Å²) in [6.07, 6.45) is 6.26. The van der Waals surface area contributed by atoms with E-state index < -0.39 is 0 Å². The molecule has 3 aromatic carbocycles. The molecule has 0 radical (unpaired) electrons. The van der Waals surface area contributed by atoms with E-state index in [0.717, 1.165) is 46.6 Å². The molecule has 2 saturated heterocycles. The number of piperazine rings is 1. The van der Waals surface area contributed by atoms with Crippen LogP contribution in [0.25, 0.3) is 11.1 Å². The average molecular weight is 580 g/mol. The Kier molecular flexibility index (Phi) is 8.13. The third-order valence-electron chi connectivity index (χ3n) is 9.06. The number of nitrogens with zero attached hydrogens (tertiary/aromatic N) is 4. The number of methoxy groups -OCH3 is 1. The van der Waals surface area contributed by atoms with Gasteiger partial charge in [-0.15, -0.1) is 0 Å². The van der Waals surface area contributed by atoms with Gasteiger partial charge in [-0.2, -0.15) is 5.10 Å². The first-order chi connectivity index (χ1) is 20.8. The highest BCUT2D eigenvalue weighted by Gasteiger charge is 2.37. The number of hydrogen-bond donors (Lipinski definition) is 1. The lowest BCUT2D eigenvalue weighted by molar-refractivity contribution is 0.0939. The number of nitrogens with one attached hydrogen (secondary N) is 1. The third-order valence-corrected chi connectivity index (χ3v) is 9.06. The second-order valence-electron chi connectivity index (χ2n) is 11.9. The fourth-order valence-corrected chi connectivity index (χ4v) is 6.41. The Hall–Kier alpha value is -4.30. The Morgan fingerprint density at radius 3 is 2.47 bits per heavy atom. The average Bonchev–Trinajstić information content (AvgIpc) is 3.52. The number of anilines is 1. The van der Waals surface area contributed by atoms with E-state index in [-0.39, 0.29) is 11.9 Å². The first-order valence-electron chi connectivity index (χ1n) is 15.1. The fourth-order valence-electron chi connectivity index (χ4n) is 6.41. The zero-order chi connectivity index (χ0) is 30.1. The third kappa shape index (κ3) is 5.97. The lowest BCUT2D eigenvalue weighted by Gasteiger charge is -2.40. The second kappa shape index (κ2) is 12.1. The van der Waals surface area contributed by atoms with Gasteiger partial charge in [0, 0.05) is 60.8 Å². The fraction of sp³-hybridized carbons (Fsp3) is 0.371. The molecule has 3 heterocycles. The van der Waals surface area contributed by atoms with E-state index in [9.17, 15) is 4.79 Å². The molecule has 2 fully saturated rings. The predicted molar refractivity (Wildman–Crippen MR) is 170 cm³/mol. The molecule has 43 heavy (non-hydrogen) atoms. The van der Waals surface area contributed by atoms with E-state index in [1.54, 1.807) is 11.8 Å². The molecule has 2 aliphatic heterocycles. The van der Waals surface area contributed by atoms with Gasteiger partial charge in [0.1, 0.15) is 6.61 Å². The van der Waals surface area contributed by atoms with Crippen LogP contribution >= 0.6 is 0 Å². The van der Waals surface area contributed by atoms with Crippen molar-refractivity contribution in [2.45, 2.75) is 51.4 Å². The van der Waals surface area contributed by atoms with Gasteiger partial charge < -0.3 is 19.7 Å². The largest absolute Gasteiger partial charge is 0.493 e. The molecule has 2 aliphatic rings. The smallest absolute Gasteiger partial charge is 0.252 e. The minimum Gasteiger partial charge on any atom is -0.493 e. The van der Waals surface area contributed by atoms with Gasteiger partial charge in [-0.25, -0.2) is 0 Å². The van der Waals surface area contributed by atoms with Crippen molar-refractivity contribution < 1.29 is 14.3 Å². The van der Waals surface area contributed by atoms with E-state index in [1.165, 1.54) is 12.8 Å². The van der Waals surface area contributed by atoms with Gasteiger partial charge in [-0.05, 0) is 74.7 Å². The number of amides is 1. The molecule has 1 N–H and O–H groups in total. The number of carbonyl (C=O) groups excluding carboxylic acids is 1. The van der Waals surface area contributed by atoms with Gasteiger partial charge in [0.05, 0.1) is 19.3 Å². The van der Waals surface area contributed by atoms with Gasteiger partial charge in [-0.1, -0.05) is 36.4 Å². The highest BCUT2D eigenvalue weighted by atomic mass is 16.5. The van der Waals surface area contributed by atoms with Crippen LogP contribution in [0.5, 0.6) is 11.5 Å². The Morgan fingerprint density at radius 2 is 1.79 bits per heavy atom. The van der Waals surface area contributed by atoms with Crippen molar-refractivity contribution in [3.8, 4) is 22.6 Å². The van der Waals surface area contributed by atoms with Crippen LogP contribution in [0.15, 0.2) is 73.1 Å². The highest BCUT2D eigenvalue weighted by molar-refractivity contribution is 5.97. The van der Waals surface area contributed by atoms with Gasteiger partial charge >= 0.3 is 0 Å². The van der Waals surface area contributed by atoms with Crippen molar-refractivity contribution in [2.75, 3.05) is 32.1 Å². The van der Waals surface area contributed by atoms with Crippen molar-refractivity contribution in [3.63, 3.8) is 0 Å². The van der Waals surface area contributed by atoms with E-state index in [4.69, 9.17) is 9.47 Å². The SMILES string of the molecule is COc1cc([C@@H](C)NC(=O)c2cc(N3C[C@H]4CC[C@@H](C3)N4C)ccc2C)cc(-c2cnn(C)c2)c1OCc1ccccc1. The maximum atomic E-state index is 13.7. The van der Waals surface area contributed by atoms with Gasteiger partial charge in [0.15, 0.2) is 11.5 Å². The van der Waals surface area contributed by atoms with Crippen molar-refractivity contribution >= 4 is 11.6 Å². The normalized spacial score (nSPS) is 18.9.